The molecule has 1 aromatic rings. The molecule has 0 saturated carbocycles. The fourth-order valence-electron chi connectivity index (χ4n) is 3.07. The first kappa shape index (κ1) is 9.41. The van der Waals surface area contributed by atoms with Crippen LogP contribution in [0, 0.1) is 5.92 Å². The molecule has 0 unspecified atom stereocenters. The van der Waals surface area contributed by atoms with Crippen molar-refractivity contribution < 1.29 is 0 Å². The van der Waals surface area contributed by atoms with Gasteiger partial charge in [-0.05, 0) is 54.8 Å². The van der Waals surface area contributed by atoms with Crippen LogP contribution in [0.25, 0.3) is 0 Å². The molecular weight excluding hydrogens is 182 g/mol. The van der Waals surface area contributed by atoms with E-state index < -0.39 is 0 Å². The second-order valence-corrected chi connectivity index (χ2v) is 5.08. The van der Waals surface area contributed by atoms with E-state index >= 15 is 0 Å². The summed E-state index contributed by atoms with van der Waals surface area (Å²) in [4.78, 5) is 0. The summed E-state index contributed by atoms with van der Waals surface area (Å²) >= 11 is 0. The number of aryl methyl sites for hydroxylation is 2. The Hall–Kier alpha value is -0.820. The minimum Gasteiger partial charge on any atom is -0.310 e. The van der Waals surface area contributed by atoms with Crippen LogP contribution in [0.2, 0.25) is 0 Å². The van der Waals surface area contributed by atoms with Gasteiger partial charge in [-0.2, -0.15) is 0 Å². The fraction of sp³-hybridized carbons (Fsp3) is 0.571. The maximum Gasteiger partial charge on any atom is 0.0346 e. The first-order chi connectivity index (χ1) is 7.34. The van der Waals surface area contributed by atoms with Crippen molar-refractivity contribution in [1.82, 2.24) is 5.32 Å². The summed E-state index contributed by atoms with van der Waals surface area (Å²) in [6.45, 7) is 3.54. The molecule has 1 N–H and O–H groups in total. The molecule has 0 bridgehead atoms. The van der Waals surface area contributed by atoms with E-state index in [1.807, 2.05) is 0 Å². The van der Waals surface area contributed by atoms with Crippen LogP contribution in [-0.4, -0.2) is 6.54 Å². The van der Waals surface area contributed by atoms with Gasteiger partial charge in [0.05, 0.1) is 0 Å². The zero-order chi connectivity index (χ0) is 10.3. The molecule has 0 spiro atoms. The summed E-state index contributed by atoms with van der Waals surface area (Å²) in [5, 5.41) is 3.61. The van der Waals surface area contributed by atoms with Gasteiger partial charge in [0.1, 0.15) is 0 Å². The van der Waals surface area contributed by atoms with Gasteiger partial charge in [-0.25, -0.2) is 0 Å². The summed E-state index contributed by atoms with van der Waals surface area (Å²) in [5.74, 6) is 0.796. The van der Waals surface area contributed by atoms with Gasteiger partial charge in [0.2, 0.25) is 0 Å². The highest BCUT2D eigenvalue weighted by atomic mass is 14.9. The molecular formula is C14H19N. The highest BCUT2D eigenvalue weighted by Crippen LogP contribution is 2.32. The van der Waals surface area contributed by atoms with E-state index in [2.05, 4.69) is 30.4 Å². The molecule has 1 aliphatic carbocycles. The molecule has 1 heteroatoms. The number of rotatable bonds is 1. The van der Waals surface area contributed by atoms with Gasteiger partial charge >= 0.3 is 0 Å². The van der Waals surface area contributed by atoms with Crippen molar-refractivity contribution in [3.8, 4) is 0 Å². The van der Waals surface area contributed by atoms with E-state index in [1.54, 1.807) is 11.1 Å². The van der Waals surface area contributed by atoms with Gasteiger partial charge in [-0.3, -0.25) is 0 Å². The molecule has 3 rings (SSSR count). The van der Waals surface area contributed by atoms with E-state index in [-0.39, 0.29) is 0 Å². The lowest BCUT2D eigenvalue weighted by Gasteiger charge is -2.17. The maximum atomic E-state index is 3.61. The quantitative estimate of drug-likeness (QED) is 0.736. The molecule has 80 valence electrons. The van der Waals surface area contributed by atoms with Crippen molar-refractivity contribution in [3.63, 3.8) is 0 Å². The molecule has 1 aliphatic heterocycles. The Balaban J connectivity index is 1.92. The zero-order valence-electron chi connectivity index (χ0n) is 9.42. The first-order valence-electron chi connectivity index (χ1n) is 6.19. The Morgan fingerprint density at radius 3 is 2.87 bits per heavy atom. The number of fused-ring (bicyclic) bond motifs is 1. The van der Waals surface area contributed by atoms with Crippen LogP contribution in [0.15, 0.2) is 18.2 Å². The Bertz CT molecular complexity index is 370. The van der Waals surface area contributed by atoms with Crippen molar-refractivity contribution in [1.29, 1.82) is 0 Å². The van der Waals surface area contributed by atoms with Crippen LogP contribution in [0.1, 0.15) is 42.5 Å². The van der Waals surface area contributed by atoms with Crippen LogP contribution in [0.3, 0.4) is 0 Å². The van der Waals surface area contributed by atoms with Gasteiger partial charge in [0.15, 0.2) is 0 Å². The van der Waals surface area contributed by atoms with Crippen LogP contribution in [0.4, 0.5) is 0 Å². The lowest BCUT2D eigenvalue weighted by atomic mass is 9.94. The molecule has 1 heterocycles. The van der Waals surface area contributed by atoms with Gasteiger partial charge in [-0.15, -0.1) is 0 Å². The Kier molecular flexibility index (Phi) is 2.28. The van der Waals surface area contributed by atoms with Crippen LogP contribution < -0.4 is 5.32 Å². The van der Waals surface area contributed by atoms with E-state index in [9.17, 15) is 0 Å². The maximum absolute atomic E-state index is 3.61. The van der Waals surface area contributed by atoms with Gasteiger partial charge in [-0.1, -0.05) is 25.1 Å². The van der Waals surface area contributed by atoms with E-state index in [0.29, 0.717) is 6.04 Å². The van der Waals surface area contributed by atoms with E-state index in [4.69, 9.17) is 0 Å². The van der Waals surface area contributed by atoms with Crippen molar-refractivity contribution in [2.75, 3.05) is 6.54 Å². The molecule has 1 aromatic carbocycles. The molecule has 1 saturated heterocycles. The highest BCUT2D eigenvalue weighted by molar-refractivity contribution is 5.37. The standard InChI is InChI=1S/C14H19N/c1-10-7-8-15-14(10)13-6-5-11-3-2-4-12(11)9-13/h5-6,9-10,14-15H,2-4,7-8H2,1H3/t10-,14-/m1/s1. The molecule has 0 amide bonds. The van der Waals surface area contributed by atoms with E-state index in [1.165, 1.54) is 37.8 Å². The third kappa shape index (κ3) is 1.59. The number of hydrogen-bond acceptors (Lipinski definition) is 1. The summed E-state index contributed by atoms with van der Waals surface area (Å²) in [7, 11) is 0. The largest absolute Gasteiger partial charge is 0.310 e. The van der Waals surface area contributed by atoms with Crippen LogP contribution >= 0.6 is 0 Å². The number of benzene rings is 1. The molecule has 2 atom stereocenters. The Labute approximate surface area is 91.9 Å². The second kappa shape index (κ2) is 3.64. The van der Waals surface area contributed by atoms with Crippen molar-refractivity contribution >= 4 is 0 Å². The normalized spacial score (nSPS) is 29.4. The average molecular weight is 201 g/mol. The van der Waals surface area contributed by atoms with Gasteiger partial charge < -0.3 is 5.32 Å². The summed E-state index contributed by atoms with van der Waals surface area (Å²) in [6, 6.07) is 7.74. The third-order valence-corrected chi connectivity index (χ3v) is 4.01. The summed E-state index contributed by atoms with van der Waals surface area (Å²) < 4.78 is 0. The minimum atomic E-state index is 0.607. The molecule has 2 aliphatic rings. The van der Waals surface area contributed by atoms with Gasteiger partial charge in [0.25, 0.3) is 0 Å². The Morgan fingerprint density at radius 1 is 1.20 bits per heavy atom. The SMILES string of the molecule is C[C@@H]1CCN[C@H]1c1ccc2c(c1)CCC2. The van der Waals surface area contributed by atoms with Crippen LogP contribution in [0.5, 0.6) is 0 Å². The smallest absolute Gasteiger partial charge is 0.0346 e. The summed E-state index contributed by atoms with van der Waals surface area (Å²) in [6.07, 6.45) is 5.27. The molecule has 0 aromatic heterocycles. The Morgan fingerprint density at radius 2 is 2.07 bits per heavy atom. The van der Waals surface area contributed by atoms with Crippen molar-refractivity contribution in [3.05, 3.63) is 34.9 Å². The molecule has 1 fully saturated rings. The van der Waals surface area contributed by atoms with Crippen LogP contribution in [-0.2, 0) is 12.8 Å². The van der Waals surface area contributed by atoms with Crippen molar-refractivity contribution in [2.45, 2.75) is 38.6 Å². The van der Waals surface area contributed by atoms with Gasteiger partial charge in [0, 0.05) is 6.04 Å². The molecule has 15 heavy (non-hydrogen) atoms. The lowest BCUT2D eigenvalue weighted by Crippen LogP contribution is -2.16. The highest BCUT2D eigenvalue weighted by Gasteiger charge is 2.25. The zero-order valence-corrected chi connectivity index (χ0v) is 9.42. The lowest BCUT2D eigenvalue weighted by molar-refractivity contribution is 0.503. The monoisotopic (exact) mass is 201 g/mol. The number of hydrogen-bond donors (Lipinski definition) is 1. The predicted molar refractivity (Wildman–Crippen MR) is 63.0 cm³/mol. The second-order valence-electron chi connectivity index (χ2n) is 5.08. The first-order valence-corrected chi connectivity index (χ1v) is 6.19. The average Bonchev–Trinajstić information content (AvgIpc) is 2.84. The molecule has 1 nitrogen and oxygen atoms in total. The van der Waals surface area contributed by atoms with E-state index in [0.717, 1.165) is 5.92 Å². The predicted octanol–water partition coefficient (Wildman–Crippen LogP) is 2.85. The minimum absolute atomic E-state index is 0.607. The summed E-state index contributed by atoms with van der Waals surface area (Å²) in [5.41, 5.74) is 4.71. The molecule has 0 radical (unpaired) electrons. The third-order valence-electron chi connectivity index (χ3n) is 4.01. The topological polar surface area (TPSA) is 12.0 Å². The number of nitrogens with one attached hydrogen (secondary N) is 1. The fourth-order valence-corrected chi connectivity index (χ4v) is 3.07. The van der Waals surface area contributed by atoms with Crippen molar-refractivity contribution in [2.24, 2.45) is 5.92 Å².